The normalized spacial score (nSPS) is 11.6. The van der Waals surface area contributed by atoms with Gasteiger partial charge in [0.15, 0.2) is 5.69 Å². The molecule has 1 aromatic heterocycles. The van der Waals surface area contributed by atoms with E-state index in [4.69, 9.17) is 0 Å². The number of hydrogen-bond donors (Lipinski definition) is 2. The van der Waals surface area contributed by atoms with Crippen LogP contribution in [0.25, 0.3) is 0 Å². The molecule has 0 aliphatic heterocycles. The van der Waals surface area contributed by atoms with Gasteiger partial charge in [-0.25, -0.2) is 0 Å². The maximum absolute atomic E-state index is 12.5. The Labute approximate surface area is 154 Å². The summed E-state index contributed by atoms with van der Waals surface area (Å²) in [5, 5.41) is 16.6. The Hall–Kier alpha value is -2.63. The fourth-order valence-corrected chi connectivity index (χ4v) is 2.89. The molecule has 0 aliphatic carbocycles. The fraction of sp³-hybridized carbons (Fsp3) is 0.450. The zero-order valence-electron chi connectivity index (χ0n) is 16.0. The molecule has 0 bridgehead atoms. The van der Waals surface area contributed by atoms with Crippen LogP contribution in [0.2, 0.25) is 0 Å². The van der Waals surface area contributed by atoms with E-state index < -0.39 is 11.4 Å². The molecule has 1 aromatic carbocycles. The second kappa shape index (κ2) is 7.72. The van der Waals surface area contributed by atoms with E-state index in [0.717, 1.165) is 18.5 Å². The van der Waals surface area contributed by atoms with Crippen LogP contribution in [0, 0.1) is 6.92 Å². The Morgan fingerprint density at radius 2 is 1.77 bits per heavy atom. The molecule has 0 saturated heterocycles. The summed E-state index contributed by atoms with van der Waals surface area (Å²) in [6, 6.07) is 8.94. The van der Waals surface area contributed by atoms with Gasteiger partial charge in [-0.3, -0.25) is 14.3 Å². The molecular formula is C20H27N3O3. The average molecular weight is 357 g/mol. The molecule has 0 saturated carbocycles. The van der Waals surface area contributed by atoms with Crippen molar-refractivity contribution in [1.29, 1.82) is 0 Å². The molecule has 0 aliphatic rings. The summed E-state index contributed by atoms with van der Waals surface area (Å²) in [6.07, 6.45) is 1.92. The number of aryl methyl sites for hydroxylation is 1. The number of rotatable bonds is 7. The van der Waals surface area contributed by atoms with Crippen LogP contribution in [0.5, 0.6) is 0 Å². The minimum Gasteiger partial charge on any atom is -0.481 e. The molecule has 1 heterocycles. The van der Waals surface area contributed by atoms with E-state index in [1.807, 2.05) is 11.6 Å². The molecule has 1 amide bonds. The molecular weight excluding hydrogens is 330 g/mol. The van der Waals surface area contributed by atoms with Crippen LogP contribution < -0.4 is 5.32 Å². The Morgan fingerprint density at radius 1 is 1.19 bits per heavy atom. The molecule has 26 heavy (non-hydrogen) atoms. The van der Waals surface area contributed by atoms with Crippen LogP contribution in [0.1, 0.15) is 68.3 Å². The summed E-state index contributed by atoms with van der Waals surface area (Å²) in [5.41, 5.74) is 1.64. The Morgan fingerprint density at radius 3 is 2.27 bits per heavy atom. The third kappa shape index (κ3) is 3.95. The van der Waals surface area contributed by atoms with Gasteiger partial charge in [-0.1, -0.05) is 26.0 Å². The van der Waals surface area contributed by atoms with E-state index in [2.05, 4.69) is 24.3 Å². The van der Waals surface area contributed by atoms with Crippen molar-refractivity contribution >= 4 is 17.6 Å². The number of hydrogen-bond acceptors (Lipinski definition) is 3. The number of carbonyl (C=O) groups is 2. The van der Waals surface area contributed by atoms with E-state index in [1.165, 1.54) is 0 Å². The van der Waals surface area contributed by atoms with E-state index >= 15 is 0 Å². The second-order valence-corrected chi connectivity index (χ2v) is 7.05. The number of nitrogens with zero attached hydrogens (tertiary/aromatic N) is 2. The van der Waals surface area contributed by atoms with Gasteiger partial charge < -0.3 is 10.4 Å². The van der Waals surface area contributed by atoms with Crippen LogP contribution >= 0.6 is 0 Å². The molecule has 2 rings (SSSR count). The third-order valence-corrected chi connectivity index (χ3v) is 4.84. The summed E-state index contributed by atoms with van der Waals surface area (Å²) in [5.74, 6) is -1.17. The lowest BCUT2D eigenvalue weighted by Gasteiger charge is -2.19. The zero-order chi connectivity index (χ0) is 19.5. The first kappa shape index (κ1) is 19.7. The molecule has 2 aromatic rings. The van der Waals surface area contributed by atoms with Crippen molar-refractivity contribution in [1.82, 2.24) is 9.78 Å². The second-order valence-electron chi connectivity index (χ2n) is 7.05. The summed E-state index contributed by atoms with van der Waals surface area (Å²) in [7, 11) is 0. The maximum Gasteiger partial charge on any atom is 0.313 e. The number of carbonyl (C=O) groups excluding carboxylic acids is 1. The maximum atomic E-state index is 12.5. The van der Waals surface area contributed by atoms with Crippen molar-refractivity contribution in [2.75, 3.05) is 5.32 Å². The highest BCUT2D eigenvalue weighted by atomic mass is 16.4. The van der Waals surface area contributed by atoms with Gasteiger partial charge in [-0.05, 0) is 57.4 Å². The Bertz CT molecular complexity index is 787. The number of anilines is 1. The summed E-state index contributed by atoms with van der Waals surface area (Å²) < 4.78 is 1.91. The van der Waals surface area contributed by atoms with E-state index in [-0.39, 0.29) is 11.9 Å². The molecule has 140 valence electrons. The molecule has 0 atom stereocenters. The lowest BCUT2D eigenvalue weighted by Crippen LogP contribution is -2.28. The van der Waals surface area contributed by atoms with Gasteiger partial charge in [-0.2, -0.15) is 5.10 Å². The first-order chi connectivity index (χ1) is 12.2. The number of aromatic nitrogens is 2. The van der Waals surface area contributed by atoms with Gasteiger partial charge in [0.05, 0.1) is 11.5 Å². The van der Waals surface area contributed by atoms with Gasteiger partial charge in [0.1, 0.15) is 0 Å². The number of carboxylic acid groups (broad SMARTS) is 1. The molecule has 6 nitrogen and oxygen atoms in total. The monoisotopic (exact) mass is 357 g/mol. The van der Waals surface area contributed by atoms with Crippen molar-refractivity contribution in [3.05, 3.63) is 47.3 Å². The highest BCUT2D eigenvalue weighted by molar-refractivity contribution is 6.03. The number of aliphatic carboxylic acids is 1. The van der Waals surface area contributed by atoms with Crippen molar-refractivity contribution in [2.45, 2.75) is 58.9 Å². The molecule has 0 fully saturated rings. The first-order valence-corrected chi connectivity index (χ1v) is 8.92. The lowest BCUT2D eigenvalue weighted by atomic mass is 9.85. The zero-order valence-corrected chi connectivity index (χ0v) is 16.0. The minimum atomic E-state index is -0.978. The molecule has 6 heteroatoms. The average Bonchev–Trinajstić information content (AvgIpc) is 2.98. The minimum absolute atomic E-state index is 0.275. The van der Waals surface area contributed by atoms with Gasteiger partial charge >= 0.3 is 5.97 Å². The van der Waals surface area contributed by atoms with Crippen LogP contribution in [0.15, 0.2) is 30.3 Å². The van der Waals surface area contributed by atoms with Crippen molar-refractivity contribution in [3.8, 4) is 0 Å². The number of benzene rings is 1. The van der Waals surface area contributed by atoms with Crippen LogP contribution in [0.3, 0.4) is 0 Å². The molecule has 0 unspecified atom stereocenters. The van der Waals surface area contributed by atoms with E-state index in [9.17, 15) is 14.7 Å². The quantitative estimate of drug-likeness (QED) is 0.779. The fourth-order valence-electron chi connectivity index (χ4n) is 2.89. The largest absolute Gasteiger partial charge is 0.481 e. The van der Waals surface area contributed by atoms with Crippen LogP contribution in [-0.4, -0.2) is 26.8 Å². The van der Waals surface area contributed by atoms with Crippen molar-refractivity contribution < 1.29 is 14.7 Å². The van der Waals surface area contributed by atoms with Gasteiger partial charge in [0.2, 0.25) is 0 Å². The van der Waals surface area contributed by atoms with Gasteiger partial charge in [0, 0.05) is 11.4 Å². The highest BCUT2D eigenvalue weighted by Gasteiger charge is 2.29. The van der Waals surface area contributed by atoms with Gasteiger partial charge in [-0.15, -0.1) is 0 Å². The predicted molar refractivity (Wildman–Crippen MR) is 102 cm³/mol. The Kier molecular flexibility index (Phi) is 5.85. The molecule has 0 radical (unpaired) electrons. The van der Waals surface area contributed by atoms with Crippen LogP contribution in [0.4, 0.5) is 5.69 Å². The third-order valence-electron chi connectivity index (χ3n) is 4.84. The molecule has 0 spiro atoms. The SMILES string of the molecule is CCC(CC)n1nc(C(=O)Nc2ccc(C(C)(C)C(=O)O)cc2)cc1C. The van der Waals surface area contributed by atoms with Gasteiger partial charge in [0.25, 0.3) is 5.91 Å². The lowest BCUT2D eigenvalue weighted by molar-refractivity contribution is -0.142. The first-order valence-electron chi connectivity index (χ1n) is 8.92. The number of nitrogens with one attached hydrogen (secondary N) is 1. The summed E-state index contributed by atoms with van der Waals surface area (Å²) >= 11 is 0. The molecule has 2 N–H and O–H groups in total. The topological polar surface area (TPSA) is 84.2 Å². The van der Waals surface area contributed by atoms with Crippen molar-refractivity contribution in [3.63, 3.8) is 0 Å². The Balaban J connectivity index is 2.16. The highest BCUT2D eigenvalue weighted by Crippen LogP contribution is 2.25. The number of carboxylic acids is 1. The standard InChI is InChI=1S/C20H27N3O3/c1-6-16(7-2)23-13(3)12-17(22-23)18(24)21-15-10-8-14(9-11-15)20(4,5)19(25)26/h8-12,16H,6-7H2,1-5H3,(H,21,24)(H,25,26). The summed E-state index contributed by atoms with van der Waals surface area (Å²) in [4.78, 5) is 23.8. The smallest absolute Gasteiger partial charge is 0.313 e. The number of amides is 1. The van der Waals surface area contributed by atoms with E-state index in [1.54, 1.807) is 44.2 Å². The summed E-state index contributed by atoms with van der Waals surface area (Å²) in [6.45, 7) is 9.46. The van der Waals surface area contributed by atoms with Crippen LogP contribution in [-0.2, 0) is 10.2 Å². The van der Waals surface area contributed by atoms with E-state index in [0.29, 0.717) is 16.9 Å². The van der Waals surface area contributed by atoms with Crippen molar-refractivity contribution in [2.24, 2.45) is 0 Å². The predicted octanol–water partition coefficient (Wildman–Crippen LogP) is 4.17.